The van der Waals surface area contributed by atoms with Crippen molar-refractivity contribution in [3.8, 4) is 0 Å². The standard InChI is InChI=1S/C16H36N4.HI/c1-6-7-15-20(5)16(17-2)18-13-11-9-8-10-12-14-19(3)4;/h6-15H2,1-5H3,(H,17,18);1H. The van der Waals surface area contributed by atoms with Crippen LogP contribution in [0.3, 0.4) is 0 Å². The monoisotopic (exact) mass is 412 g/mol. The highest BCUT2D eigenvalue weighted by atomic mass is 127. The molecule has 0 amide bonds. The maximum atomic E-state index is 4.33. The molecule has 0 rings (SSSR count). The number of hydrogen-bond donors (Lipinski definition) is 1. The third-order valence-electron chi connectivity index (χ3n) is 3.49. The molecule has 0 atom stereocenters. The van der Waals surface area contributed by atoms with Gasteiger partial charge in [0.25, 0.3) is 0 Å². The van der Waals surface area contributed by atoms with E-state index in [0.717, 1.165) is 19.0 Å². The molecule has 5 heteroatoms. The van der Waals surface area contributed by atoms with E-state index in [1.54, 1.807) is 0 Å². The highest BCUT2D eigenvalue weighted by Gasteiger charge is 2.03. The van der Waals surface area contributed by atoms with Crippen LogP contribution < -0.4 is 5.32 Å². The Morgan fingerprint density at radius 3 is 2.10 bits per heavy atom. The highest BCUT2D eigenvalue weighted by Crippen LogP contribution is 2.03. The van der Waals surface area contributed by atoms with Crippen LogP contribution in [0.5, 0.6) is 0 Å². The summed E-state index contributed by atoms with van der Waals surface area (Å²) in [6, 6.07) is 0. The summed E-state index contributed by atoms with van der Waals surface area (Å²) in [5, 5.41) is 3.45. The van der Waals surface area contributed by atoms with Crippen molar-refractivity contribution < 1.29 is 0 Å². The second-order valence-corrected chi connectivity index (χ2v) is 5.82. The minimum atomic E-state index is 0. The van der Waals surface area contributed by atoms with Gasteiger partial charge in [-0.25, -0.2) is 0 Å². The summed E-state index contributed by atoms with van der Waals surface area (Å²) in [6.07, 6.45) is 9.03. The van der Waals surface area contributed by atoms with Gasteiger partial charge in [-0.2, -0.15) is 0 Å². The summed E-state index contributed by atoms with van der Waals surface area (Å²) in [4.78, 5) is 8.82. The molecule has 0 aromatic carbocycles. The minimum absolute atomic E-state index is 0. The van der Waals surface area contributed by atoms with Crippen LogP contribution in [0.15, 0.2) is 4.99 Å². The Morgan fingerprint density at radius 2 is 1.52 bits per heavy atom. The Balaban J connectivity index is 0. The van der Waals surface area contributed by atoms with Crippen molar-refractivity contribution in [2.75, 3.05) is 47.8 Å². The van der Waals surface area contributed by atoms with Crippen LogP contribution in [0, 0.1) is 0 Å². The Hall–Kier alpha value is -0.0400. The van der Waals surface area contributed by atoms with Gasteiger partial charge in [-0.1, -0.05) is 32.6 Å². The van der Waals surface area contributed by atoms with E-state index < -0.39 is 0 Å². The van der Waals surface area contributed by atoms with E-state index in [2.05, 4.69) is 48.2 Å². The fourth-order valence-electron chi connectivity index (χ4n) is 2.17. The van der Waals surface area contributed by atoms with E-state index in [4.69, 9.17) is 0 Å². The van der Waals surface area contributed by atoms with Crippen LogP contribution in [0.1, 0.15) is 51.9 Å². The lowest BCUT2D eigenvalue weighted by molar-refractivity contribution is 0.389. The molecule has 21 heavy (non-hydrogen) atoms. The number of halogens is 1. The molecule has 0 aromatic heterocycles. The largest absolute Gasteiger partial charge is 0.356 e. The molecule has 0 radical (unpaired) electrons. The van der Waals surface area contributed by atoms with Crippen LogP contribution >= 0.6 is 24.0 Å². The maximum Gasteiger partial charge on any atom is 0.193 e. The van der Waals surface area contributed by atoms with Gasteiger partial charge < -0.3 is 15.1 Å². The van der Waals surface area contributed by atoms with E-state index in [1.165, 1.54) is 51.5 Å². The summed E-state index contributed by atoms with van der Waals surface area (Å²) in [5.41, 5.74) is 0. The molecule has 4 nitrogen and oxygen atoms in total. The second-order valence-electron chi connectivity index (χ2n) is 5.82. The molecule has 0 aliphatic carbocycles. The number of unbranched alkanes of at least 4 members (excludes halogenated alkanes) is 5. The minimum Gasteiger partial charge on any atom is -0.356 e. The predicted octanol–water partition coefficient (Wildman–Crippen LogP) is 3.42. The van der Waals surface area contributed by atoms with E-state index in [9.17, 15) is 0 Å². The molecule has 0 aromatic rings. The zero-order valence-corrected chi connectivity index (χ0v) is 17.2. The quantitative estimate of drug-likeness (QED) is 0.244. The van der Waals surface area contributed by atoms with Gasteiger partial charge in [0, 0.05) is 27.2 Å². The number of rotatable bonds is 11. The van der Waals surface area contributed by atoms with Gasteiger partial charge in [-0.05, 0) is 39.9 Å². The van der Waals surface area contributed by atoms with Crippen LogP contribution in [-0.2, 0) is 0 Å². The normalized spacial score (nSPS) is 11.4. The van der Waals surface area contributed by atoms with Crippen molar-refractivity contribution >= 4 is 29.9 Å². The fraction of sp³-hybridized carbons (Fsp3) is 0.938. The molecule has 0 heterocycles. The summed E-state index contributed by atoms with van der Waals surface area (Å²) < 4.78 is 0. The zero-order valence-electron chi connectivity index (χ0n) is 14.8. The molecular weight excluding hydrogens is 375 g/mol. The lowest BCUT2D eigenvalue weighted by Crippen LogP contribution is -2.39. The smallest absolute Gasteiger partial charge is 0.193 e. The van der Waals surface area contributed by atoms with Gasteiger partial charge in [0.1, 0.15) is 0 Å². The van der Waals surface area contributed by atoms with E-state index >= 15 is 0 Å². The molecule has 0 bridgehead atoms. The Morgan fingerprint density at radius 1 is 0.905 bits per heavy atom. The van der Waals surface area contributed by atoms with Gasteiger partial charge in [-0.3, -0.25) is 4.99 Å². The number of guanidine groups is 1. The summed E-state index contributed by atoms with van der Waals surface area (Å²) in [7, 11) is 8.27. The first-order valence-corrected chi connectivity index (χ1v) is 8.18. The first-order chi connectivity index (χ1) is 9.61. The van der Waals surface area contributed by atoms with Crippen LogP contribution in [-0.4, -0.2) is 63.6 Å². The molecule has 0 aliphatic heterocycles. The van der Waals surface area contributed by atoms with Gasteiger partial charge in [0.15, 0.2) is 5.96 Å². The SMILES string of the molecule is CCCCN(C)C(=NC)NCCCCCCCN(C)C.I. The Kier molecular flexibility index (Phi) is 18.1. The van der Waals surface area contributed by atoms with Gasteiger partial charge >= 0.3 is 0 Å². The topological polar surface area (TPSA) is 30.9 Å². The van der Waals surface area contributed by atoms with Crippen molar-refractivity contribution in [1.29, 1.82) is 0 Å². The van der Waals surface area contributed by atoms with Crippen molar-refractivity contribution in [2.45, 2.75) is 51.9 Å². The van der Waals surface area contributed by atoms with Crippen molar-refractivity contribution in [3.05, 3.63) is 0 Å². The molecule has 0 unspecified atom stereocenters. The molecule has 0 aliphatic rings. The zero-order chi connectivity index (χ0) is 15.2. The molecule has 1 N–H and O–H groups in total. The number of nitrogens with one attached hydrogen (secondary N) is 1. The van der Waals surface area contributed by atoms with Gasteiger partial charge in [0.05, 0.1) is 0 Å². The van der Waals surface area contributed by atoms with E-state index in [0.29, 0.717) is 0 Å². The molecule has 0 fully saturated rings. The summed E-state index contributed by atoms with van der Waals surface area (Å²) in [5.74, 6) is 1.03. The van der Waals surface area contributed by atoms with E-state index in [1.807, 2.05) is 7.05 Å². The number of nitrogens with zero attached hydrogens (tertiary/aromatic N) is 3. The number of aliphatic imine (C=N–C) groups is 1. The van der Waals surface area contributed by atoms with Crippen molar-refractivity contribution in [2.24, 2.45) is 4.99 Å². The number of hydrogen-bond acceptors (Lipinski definition) is 2. The average Bonchev–Trinajstić information content (AvgIpc) is 2.42. The van der Waals surface area contributed by atoms with E-state index in [-0.39, 0.29) is 24.0 Å². The molecule has 0 saturated carbocycles. The molecular formula is C16H37IN4. The van der Waals surface area contributed by atoms with Gasteiger partial charge in [-0.15, -0.1) is 24.0 Å². The Bertz CT molecular complexity index is 244. The summed E-state index contributed by atoms with van der Waals surface area (Å²) >= 11 is 0. The summed E-state index contributed by atoms with van der Waals surface area (Å²) in [6.45, 7) is 5.56. The maximum absolute atomic E-state index is 4.33. The highest BCUT2D eigenvalue weighted by molar-refractivity contribution is 14.0. The van der Waals surface area contributed by atoms with Crippen LogP contribution in [0.2, 0.25) is 0 Å². The lowest BCUT2D eigenvalue weighted by Gasteiger charge is -2.21. The molecule has 0 spiro atoms. The Labute approximate surface area is 149 Å². The first-order valence-electron chi connectivity index (χ1n) is 8.18. The lowest BCUT2D eigenvalue weighted by atomic mass is 10.1. The first kappa shape index (κ1) is 23.2. The van der Waals surface area contributed by atoms with Crippen molar-refractivity contribution in [1.82, 2.24) is 15.1 Å². The molecule has 128 valence electrons. The van der Waals surface area contributed by atoms with Crippen molar-refractivity contribution in [3.63, 3.8) is 0 Å². The van der Waals surface area contributed by atoms with Crippen LogP contribution in [0.25, 0.3) is 0 Å². The molecule has 0 saturated heterocycles. The second kappa shape index (κ2) is 16.3. The third kappa shape index (κ3) is 14.7. The third-order valence-corrected chi connectivity index (χ3v) is 3.49. The predicted molar refractivity (Wildman–Crippen MR) is 106 cm³/mol. The van der Waals surface area contributed by atoms with Gasteiger partial charge in [0.2, 0.25) is 0 Å². The average molecular weight is 412 g/mol. The fourth-order valence-corrected chi connectivity index (χ4v) is 2.17. The van der Waals surface area contributed by atoms with Crippen LogP contribution in [0.4, 0.5) is 0 Å².